The number of carbonyl (C=O) groups is 1. The fourth-order valence-electron chi connectivity index (χ4n) is 1.53. The zero-order valence-corrected chi connectivity index (χ0v) is 9.20. The summed E-state index contributed by atoms with van der Waals surface area (Å²) in [6.07, 6.45) is 2.56. The molecule has 1 amide bonds. The van der Waals surface area contributed by atoms with Crippen LogP contribution in [0.4, 0.5) is 0 Å². The van der Waals surface area contributed by atoms with E-state index < -0.39 is 5.91 Å². The molecule has 0 aliphatic heterocycles. The van der Waals surface area contributed by atoms with Crippen LogP contribution in [0.15, 0.2) is 0 Å². The molecule has 1 fully saturated rings. The van der Waals surface area contributed by atoms with Crippen LogP contribution in [-0.4, -0.2) is 45.4 Å². The lowest BCUT2D eigenvalue weighted by Crippen LogP contribution is -2.37. The van der Waals surface area contributed by atoms with E-state index in [0.29, 0.717) is 12.6 Å². The summed E-state index contributed by atoms with van der Waals surface area (Å²) in [5, 5.41) is 3.35. The minimum absolute atomic E-state index is 0.0000526. The fourth-order valence-corrected chi connectivity index (χ4v) is 1.53. The van der Waals surface area contributed by atoms with Gasteiger partial charge in [0.05, 0.1) is 13.2 Å². The number of hydrogen-bond donors (Lipinski definition) is 2. The molecule has 88 valence electrons. The van der Waals surface area contributed by atoms with Crippen molar-refractivity contribution in [3.05, 3.63) is 0 Å². The Hall–Kier alpha value is -0.650. The Balaban J connectivity index is 1.98. The SMILES string of the molecule is COCC(NCCOCC(N)=O)C1CC1. The Morgan fingerprint density at radius 2 is 2.33 bits per heavy atom. The molecule has 0 spiro atoms. The number of rotatable bonds is 9. The first kappa shape index (κ1) is 12.4. The molecule has 5 heteroatoms. The molecule has 1 unspecified atom stereocenters. The Labute approximate surface area is 90.3 Å². The van der Waals surface area contributed by atoms with Gasteiger partial charge in [0.15, 0.2) is 0 Å². The van der Waals surface area contributed by atoms with Crippen molar-refractivity contribution in [1.82, 2.24) is 5.32 Å². The number of ether oxygens (including phenoxy) is 2. The summed E-state index contributed by atoms with van der Waals surface area (Å²) < 4.78 is 10.2. The highest BCUT2D eigenvalue weighted by Crippen LogP contribution is 2.32. The smallest absolute Gasteiger partial charge is 0.243 e. The van der Waals surface area contributed by atoms with Gasteiger partial charge in [0.2, 0.25) is 5.91 Å². The van der Waals surface area contributed by atoms with Gasteiger partial charge < -0.3 is 20.5 Å². The van der Waals surface area contributed by atoms with E-state index in [1.54, 1.807) is 7.11 Å². The lowest BCUT2D eigenvalue weighted by atomic mass is 10.2. The second kappa shape index (κ2) is 6.76. The Morgan fingerprint density at radius 3 is 2.87 bits per heavy atom. The van der Waals surface area contributed by atoms with Crippen molar-refractivity contribution in [2.75, 3.05) is 33.5 Å². The minimum Gasteiger partial charge on any atom is -0.383 e. The van der Waals surface area contributed by atoms with Crippen LogP contribution >= 0.6 is 0 Å². The normalized spacial score (nSPS) is 17.7. The second-order valence-corrected chi connectivity index (χ2v) is 3.87. The second-order valence-electron chi connectivity index (χ2n) is 3.87. The summed E-state index contributed by atoms with van der Waals surface area (Å²) in [4.78, 5) is 10.4. The standard InChI is InChI=1S/C10H20N2O3/c1-14-6-9(8-2-3-8)12-4-5-15-7-10(11)13/h8-9,12H,2-7H2,1H3,(H2,11,13). The maximum atomic E-state index is 10.4. The lowest BCUT2D eigenvalue weighted by Gasteiger charge is -2.16. The number of methoxy groups -OCH3 is 1. The van der Waals surface area contributed by atoms with E-state index >= 15 is 0 Å². The van der Waals surface area contributed by atoms with E-state index in [-0.39, 0.29) is 6.61 Å². The molecule has 1 aliphatic carbocycles. The molecular formula is C10H20N2O3. The predicted octanol–water partition coefficient (Wildman–Crippen LogP) is -0.497. The molecule has 1 rings (SSSR count). The van der Waals surface area contributed by atoms with Gasteiger partial charge in [-0.2, -0.15) is 0 Å². The summed E-state index contributed by atoms with van der Waals surface area (Å²) >= 11 is 0. The first-order valence-electron chi connectivity index (χ1n) is 5.32. The molecule has 0 bridgehead atoms. The van der Waals surface area contributed by atoms with Crippen molar-refractivity contribution >= 4 is 5.91 Å². The third-order valence-corrected chi connectivity index (χ3v) is 2.43. The first-order chi connectivity index (χ1) is 7.24. The maximum Gasteiger partial charge on any atom is 0.243 e. The average Bonchev–Trinajstić information content (AvgIpc) is 2.98. The van der Waals surface area contributed by atoms with Crippen LogP contribution in [0.1, 0.15) is 12.8 Å². The van der Waals surface area contributed by atoms with Crippen LogP contribution in [0, 0.1) is 5.92 Å². The summed E-state index contributed by atoms with van der Waals surface area (Å²) in [6, 6.07) is 0.423. The van der Waals surface area contributed by atoms with Crippen LogP contribution in [0.25, 0.3) is 0 Å². The number of amides is 1. The van der Waals surface area contributed by atoms with Gasteiger partial charge in [0.25, 0.3) is 0 Å². The van der Waals surface area contributed by atoms with Gasteiger partial charge >= 0.3 is 0 Å². The summed E-state index contributed by atoms with van der Waals surface area (Å²) in [5.41, 5.74) is 4.94. The highest BCUT2D eigenvalue weighted by molar-refractivity contribution is 5.74. The minimum atomic E-state index is -0.425. The van der Waals surface area contributed by atoms with E-state index in [4.69, 9.17) is 15.2 Å². The van der Waals surface area contributed by atoms with Gasteiger partial charge in [0, 0.05) is 19.7 Å². The van der Waals surface area contributed by atoms with Crippen molar-refractivity contribution in [2.45, 2.75) is 18.9 Å². The number of nitrogens with one attached hydrogen (secondary N) is 1. The van der Waals surface area contributed by atoms with Crippen molar-refractivity contribution in [3.63, 3.8) is 0 Å². The fraction of sp³-hybridized carbons (Fsp3) is 0.900. The van der Waals surface area contributed by atoms with E-state index in [9.17, 15) is 4.79 Å². The average molecular weight is 216 g/mol. The molecule has 0 radical (unpaired) electrons. The summed E-state index contributed by atoms with van der Waals surface area (Å²) in [5.74, 6) is 0.326. The molecule has 0 aromatic carbocycles. The molecule has 0 aromatic rings. The van der Waals surface area contributed by atoms with Gasteiger partial charge in [-0.15, -0.1) is 0 Å². The molecule has 0 aromatic heterocycles. The molecule has 3 N–H and O–H groups in total. The van der Waals surface area contributed by atoms with Gasteiger partial charge in [-0.3, -0.25) is 4.79 Å². The number of primary amides is 1. The van der Waals surface area contributed by atoms with Crippen molar-refractivity contribution in [2.24, 2.45) is 11.7 Å². The first-order valence-corrected chi connectivity index (χ1v) is 5.32. The van der Waals surface area contributed by atoms with Crippen LogP contribution in [0.2, 0.25) is 0 Å². The summed E-state index contributed by atoms with van der Waals surface area (Å²) in [6.45, 7) is 1.98. The zero-order valence-electron chi connectivity index (χ0n) is 9.20. The zero-order chi connectivity index (χ0) is 11.1. The van der Waals surface area contributed by atoms with Crippen molar-refractivity contribution in [1.29, 1.82) is 0 Å². The third-order valence-electron chi connectivity index (χ3n) is 2.43. The molecule has 15 heavy (non-hydrogen) atoms. The largest absolute Gasteiger partial charge is 0.383 e. The molecule has 1 aliphatic rings. The summed E-state index contributed by atoms with van der Waals surface area (Å²) in [7, 11) is 1.71. The number of hydrogen-bond acceptors (Lipinski definition) is 4. The molecule has 1 atom stereocenters. The highest BCUT2D eigenvalue weighted by Gasteiger charge is 2.30. The Bertz CT molecular complexity index is 195. The van der Waals surface area contributed by atoms with Crippen LogP contribution in [0.3, 0.4) is 0 Å². The van der Waals surface area contributed by atoms with Crippen molar-refractivity contribution in [3.8, 4) is 0 Å². The predicted molar refractivity (Wildman–Crippen MR) is 56.4 cm³/mol. The molecule has 0 saturated heterocycles. The van der Waals surface area contributed by atoms with Gasteiger partial charge in [-0.1, -0.05) is 0 Å². The quantitative estimate of drug-likeness (QED) is 0.510. The van der Waals surface area contributed by atoms with Gasteiger partial charge in [0.1, 0.15) is 6.61 Å². The Kier molecular flexibility index (Phi) is 5.60. The van der Waals surface area contributed by atoms with Crippen LogP contribution in [0.5, 0.6) is 0 Å². The van der Waals surface area contributed by atoms with Crippen molar-refractivity contribution < 1.29 is 14.3 Å². The van der Waals surface area contributed by atoms with Gasteiger partial charge in [-0.25, -0.2) is 0 Å². The van der Waals surface area contributed by atoms with E-state index in [1.165, 1.54) is 12.8 Å². The number of carbonyl (C=O) groups excluding carboxylic acids is 1. The molecule has 1 saturated carbocycles. The lowest BCUT2D eigenvalue weighted by molar-refractivity contribution is -0.122. The van der Waals surface area contributed by atoms with Gasteiger partial charge in [-0.05, 0) is 18.8 Å². The monoisotopic (exact) mass is 216 g/mol. The Morgan fingerprint density at radius 1 is 1.60 bits per heavy atom. The van der Waals surface area contributed by atoms with E-state index in [1.807, 2.05) is 0 Å². The molecule has 5 nitrogen and oxygen atoms in total. The molecule has 0 heterocycles. The molecular weight excluding hydrogens is 196 g/mol. The van der Waals surface area contributed by atoms with E-state index in [0.717, 1.165) is 19.1 Å². The van der Waals surface area contributed by atoms with Crippen LogP contribution in [-0.2, 0) is 14.3 Å². The van der Waals surface area contributed by atoms with E-state index in [2.05, 4.69) is 5.32 Å². The highest BCUT2D eigenvalue weighted by atomic mass is 16.5. The maximum absolute atomic E-state index is 10.4. The third kappa shape index (κ3) is 5.71. The number of nitrogens with two attached hydrogens (primary N) is 1. The van der Waals surface area contributed by atoms with Crippen LogP contribution < -0.4 is 11.1 Å². The topological polar surface area (TPSA) is 73.6 Å².